The molecular weight excluding hydrogens is 334 g/mol. The second kappa shape index (κ2) is 10.7. The van der Waals surface area contributed by atoms with Crippen molar-refractivity contribution in [2.24, 2.45) is 0 Å². The first-order chi connectivity index (χ1) is 11.8. The fraction of sp³-hybridized carbons (Fsp3) is 0.688. The summed E-state index contributed by atoms with van der Waals surface area (Å²) >= 11 is 0. The van der Waals surface area contributed by atoms with Gasteiger partial charge >= 0.3 is 18.0 Å². The summed E-state index contributed by atoms with van der Waals surface area (Å²) in [6.07, 6.45) is 1.48. The van der Waals surface area contributed by atoms with Gasteiger partial charge in [0, 0.05) is 27.4 Å². The van der Waals surface area contributed by atoms with Crippen LogP contribution in [0.3, 0.4) is 0 Å². The van der Waals surface area contributed by atoms with Crippen LogP contribution in [0.4, 0.5) is 4.79 Å². The molecular formula is C16H25NO8. The van der Waals surface area contributed by atoms with Crippen molar-refractivity contribution in [3.05, 3.63) is 12.2 Å². The number of ether oxygens (including phenoxy) is 5. The zero-order valence-electron chi connectivity index (χ0n) is 14.9. The molecule has 0 unspecified atom stereocenters. The number of rotatable bonds is 8. The number of esters is 2. The van der Waals surface area contributed by atoms with Crippen molar-refractivity contribution in [3.8, 4) is 0 Å². The summed E-state index contributed by atoms with van der Waals surface area (Å²) in [5, 5.41) is 0. The summed E-state index contributed by atoms with van der Waals surface area (Å²) in [6.45, 7) is 3.33. The molecule has 142 valence electrons. The van der Waals surface area contributed by atoms with E-state index in [1.54, 1.807) is 19.2 Å². The van der Waals surface area contributed by atoms with Crippen molar-refractivity contribution in [1.82, 2.24) is 4.90 Å². The van der Waals surface area contributed by atoms with Crippen LogP contribution in [-0.4, -0.2) is 75.3 Å². The minimum atomic E-state index is -0.657. The minimum Gasteiger partial charge on any atom is -0.463 e. The molecule has 0 spiro atoms. The van der Waals surface area contributed by atoms with Crippen molar-refractivity contribution in [2.45, 2.75) is 38.8 Å². The molecule has 0 aliphatic carbocycles. The van der Waals surface area contributed by atoms with Gasteiger partial charge in [-0.3, -0.25) is 9.59 Å². The zero-order chi connectivity index (χ0) is 18.8. The van der Waals surface area contributed by atoms with E-state index in [2.05, 4.69) is 4.74 Å². The molecule has 9 heteroatoms. The third kappa shape index (κ3) is 7.99. The zero-order valence-corrected chi connectivity index (χ0v) is 14.9. The second-order valence-corrected chi connectivity index (χ2v) is 5.42. The van der Waals surface area contributed by atoms with Gasteiger partial charge in [0.1, 0.15) is 18.8 Å². The fourth-order valence-electron chi connectivity index (χ4n) is 2.10. The Kier molecular flexibility index (Phi) is 8.93. The van der Waals surface area contributed by atoms with Crippen molar-refractivity contribution >= 4 is 18.0 Å². The Morgan fingerprint density at radius 1 is 1.16 bits per heavy atom. The van der Waals surface area contributed by atoms with E-state index < -0.39 is 36.5 Å². The highest BCUT2D eigenvalue weighted by Crippen LogP contribution is 2.18. The van der Waals surface area contributed by atoms with E-state index in [9.17, 15) is 14.4 Å². The molecule has 0 saturated heterocycles. The number of amides is 1. The molecule has 1 amide bonds. The van der Waals surface area contributed by atoms with Crippen LogP contribution in [0.1, 0.15) is 20.3 Å². The lowest BCUT2D eigenvalue weighted by Crippen LogP contribution is -2.42. The lowest BCUT2D eigenvalue weighted by molar-refractivity contribution is -0.197. The summed E-state index contributed by atoms with van der Waals surface area (Å²) < 4.78 is 25.9. The van der Waals surface area contributed by atoms with Crippen LogP contribution in [-0.2, 0) is 33.3 Å². The molecule has 0 saturated carbocycles. The summed E-state index contributed by atoms with van der Waals surface area (Å²) in [7, 11) is 2.94. The molecule has 1 heterocycles. The Morgan fingerprint density at radius 3 is 2.48 bits per heavy atom. The molecule has 0 radical (unpaired) electrons. The first kappa shape index (κ1) is 20.9. The molecule has 1 aliphatic rings. The van der Waals surface area contributed by atoms with Crippen LogP contribution in [0.25, 0.3) is 0 Å². The predicted octanol–water partition coefficient (Wildman–Crippen LogP) is 0.867. The number of carbonyl (C=O) groups is 3. The average molecular weight is 359 g/mol. The van der Waals surface area contributed by atoms with Gasteiger partial charge in [0.2, 0.25) is 0 Å². The largest absolute Gasteiger partial charge is 0.463 e. The third-order valence-corrected chi connectivity index (χ3v) is 3.29. The molecule has 0 aromatic rings. The van der Waals surface area contributed by atoms with Gasteiger partial charge in [0.25, 0.3) is 0 Å². The van der Waals surface area contributed by atoms with E-state index in [1.165, 1.54) is 25.9 Å². The van der Waals surface area contributed by atoms with Gasteiger partial charge in [-0.15, -0.1) is 0 Å². The summed E-state index contributed by atoms with van der Waals surface area (Å²) in [5.74, 6) is -0.917. The normalized spacial score (nSPS) is 22.2. The van der Waals surface area contributed by atoms with Crippen molar-refractivity contribution in [1.29, 1.82) is 0 Å². The standard InChI is InChI=1S/C16H25NO8/c1-11(18)23-10-14-13(24-12(2)19)6-7-15(25-14)22-9-5-8-17(3)16(20)21-4/h6-7,13-15H,5,8-10H2,1-4H3/t13-,14+,15-/m0/s1. The maximum atomic E-state index is 11.2. The van der Waals surface area contributed by atoms with Crippen LogP contribution < -0.4 is 0 Å². The van der Waals surface area contributed by atoms with Crippen LogP contribution in [0.15, 0.2) is 12.2 Å². The van der Waals surface area contributed by atoms with Crippen molar-refractivity contribution < 1.29 is 38.1 Å². The first-order valence-electron chi connectivity index (χ1n) is 7.88. The van der Waals surface area contributed by atoms with Gasteiger partial charge in [-0.05, 0) is 18.6 Å². The van der Waals surface area contributed by atoms with Gasteiger partial charge < -0.3 is 28.6 Å². The number of carbonyl (C=O) groups excluding carboxylic acids is 3. The van der Waals surface area contributed by atoms with Gasteiger partial charge in [0.15, 0.2) is 6.29 Å². The number of methoxy groups -OCH3 is 1. The molecule has 1 aliphatic heterocycles. The van der Waals surface area contributed by atoms with Crippen LogP contribution in [0, 0.1) is 0 Å². The number of nitrogens with zero attached hydrogens (tertiary/aromatic N) is 1. The molecule has 3 atom stereocenters. The van der Waals surface area contributed by atoms with E-state index in [1.807, 2.05) is 0 Å². The van der Waals surface area contributed by atoms with E-state index in [4.69, 9.17) is 18.9 Å². The Bertz CT molecular complexity index is 493. The third-order valence-electron chi connectivity index (χ3n) is 3.29. The molecule has 25 heavy (non-hydrogen) atoms. The van der Waals surface area contributed by atoms with Gasteiger partial charge in [-0.1, -0.05) is 0 Å². The van der Waals surface area contributed by atoms with Gasteiger partial charge in [0.05, 0.1) is 13.7 Å². The Labute approximate surface area is 146 Å². The highest BCUT2D eigenvalue weighted by molar-refractivity contribution is 5.67. The number of hydrogen-bond acceptors (Lipinski definition) is 8. The highest BCUT2D eigenvalue weighted by Gasteiger charge is 2.30. The highest BCUT2D eigenvalue weighted by atomic mass is 16.7. The molecule has 9 nitrogen and oxygen atoms in total. The topological polar surface area (TPSA) is 101 Å². The summed E-state index contributed by atoms with van der Waals surface area (Å²) in [4.78, 5) is 34.8. The van der Waals surface area contributed by atoms with Gasteiger partial charge in [-0.25, -0.2) is 4.79 Å². The van der Waals surface area contributed by atoms with Gasteiger partial charge in [-0.2, -0.15) is 0 Å². The molecule has 0 aromatic carbocycles. The van der Waals surface area contributed by atoms with Crippen LogP contribution >= 0.6 is 0 Å². The maximum absolute atomic E-state index is 11.2. The van der Waals surface area contributed by atoms with E-state index >= 15 is 0 Å². The maximum Gasteiger partial charge on any atom is 0.409 e. The summed E-state index contributed by atoms with van der Waals surface area (Å²) in [6, 6.07) is 0. The SMILES string of the molecule is COC(=O)N(C)CCCO[C@@H]1C=C[C@H](OC(C)=O)[C@@H](COC(C)=O)O1. The lowest BCUT2D eigenvalue weighted by Gasteiger charge is -2.31. The Morgan fingerprint density at radius 2 is 1.88 bits per heavy atom. The lowest BCUT2D eigenvalue weighted by atomic mass is 10.1. The average Bonchev–Trinajstić information content (AvgIpc) is 2.56. The second-order valence-electron chi connectivity index (χ2n) is 5.42. The molecule has 0 bridgehead atoms. The Balaban J connectivity index is 2.45. The molecule has 0 N–H and O–H groups in total. The van der Waals surface area contributed by atoms with E-state index in [-0.39, 0.29) is 6.61 Å². The first-order valence-corrected chi connectivity index (χ1v) is 7.88. The quantitative estimate of drug-likeness (QED) is 0.272. The molecule has 0 aromatic heterocycles. The van der Waals surface area contributed by atoms with E-state index in [0.717, 1.165) is 0 Å². The number of hydrogen-bond donors (Lipinski definition) is 0. The van der Waals surface area contributed by atoms with Crippen LogP contribution in [0.2, 0.25) is 0 Å². The fourth-order valence-corrected chi connectivity index (χ4v) is 2.10. The minimum absolute atomic E-state index is 0.0530. The summed E-state index contributed by atoms with van der Waals surface area (Å²) in [5.41, 5.74) is 0. The predicted molar refractivity (Wildman–Crippen MR) is 85.6 cm³/mol. The van der Waals surface area contributed by atoms with Crippen molar-refractivity contribution in [2.75, 3.05) is 33.9 Å². The molecule has 1 rings (SSSR count). The smallest absolute Gasteiger partial charge is 0.409 e. The monoisotopic (exact) mass is 359 g/mol. The van der Waals surface area contributed by atoms with Crippen LogP contribution in [0.5, 0.6) is 0 Å². The Hall–Kier alpha value is -2.13. The van der Waals surface area contributed by atoms with Crippen molar-refractivity contribution in [3.63, 3.8) is 0 Å². The molecule has 0 fully saturated rings. The van der Waals surface area contributed by atoms with E-state index in [0.29, 0.717) is 19.6 Å².